The van der Waals surface area contributed by atoms with E-state index in [9.17, 15) is 102 Å². The van der Waals surface area contributed by atoms with Crippen LogP contribution in [0.15, 0.2) is 16.5 Å². The van der Waals surface area contributed by atoms with E-state index in [0.29, 0.717) is 0 Å². The third kappa shape index (κ3) is 3.94. The summed E-state index contributed by atoms with van der Waals surface area (Å²) < 4.78 is 5.52. The number of benzene rings is 7. The van der Waals surface area contributed by atoms with E-state index in [-0.39, 0.29) is 0 Å². The zero-order chi connectivity index (χ0) is 41.8. The molecule has 1 heterocycles. The molecule has 0 radical (unpaired) electrons. The minimum Gasteiger partial charge on any atom is -0.507 e. The van der Waals surface area contributed by atoms with Crippen LogP contribution >= 0.6 is 0 Å². The summed E-state index contributed by atoms with van der Waals surface area (Å²) in [6.07, 6.45) is 0. The number of hydrogen-bond donors (Lipinski definition) is 20. The molecule has 8 rings (SSSR count). The lowest BCUT2D eigenvalue weighted by Crippen LogP contribution is -1.97. The second-order valence-electron chi connectivity index (χ2n) is 12.6. The maximum Gasteiger partial charge on any atom is 0.205 e. The lowest BCUT2D eigenvalue weighted by molar-refractivity contribution is 0.347. The van der Waals surface area contributed by atoms with Gasteiger partial charge in [-0.1, -0.05) is 0 Å². The van der Waals surface area contributed by atoms with Gasteiger partial charge in [0.05, 0.1) is 21.7 Å². The molecule has 1 aromatic heterocycles. The molecule has 0 saturated carbocycles. The van der Waals surface area contributed by atoms with E-state index in [1.54, 1.807) is 0 Å². The molecule has 0 amide bonds. The van der Waals surface area contributed by atoms with Crippen LogP contribution in [0.4, 0.5) is 0 Å². The van der Waals surface area contributed by atoms with E-state index in [1.807, 2.05) is 0 Å². The summed E-state index contributed by atoms with van der Waals surface area (Å²) in [5.41, 5.74) is -6.21. The molecule has 0 saturated heterocycles. The molecule has 0 fully saturated rings. The van der Waals surface area contributed by atoms with Crippen molar-refractivity contribution < 1.29 is 107 Å². The number of aromatic hydroxyl groups is 20. The van der Waals surface area contributed by atoms with E-state index >= 15 is 0 Å². The molecule has 292 valence electrons. The summed E-state index contributed by atoms with van der Waals surface area (Å²) in [6, 6.07) is 1.81. The van der Waals surface area contributed by atoms with Gasteiger partial charge in [-0.15, -0.1) is 0 Å². The molecule has 21 heteroatoms. The Hall–Kier alpha value is -8.88. The van der Waals surface area contributed by atoms with Gasteiger partial charge < -0.3 is 107 Å². The van der Waals surface area contributed by atoms with Crippen LogP contribution in [0.1, 0.15) is 0 Å². The highest BCUT2D eigenvalue weighted by molar-refractivity contribution is 6.34. The predicted octanol–water partition coefficient (Wildman–Crippen LogP) is 4.49. The van der Waals surface area contributed by atoms with Crippen LogP contribution in [0, 0.1) is 0 Å². The molecule has 0 aliphatic rings. The van der Waals surface area contributed by atoms with E-state index in [2.05, 4.69) is 0 Å². The molecule has 8 aromatic rings. The molecule has 0 aliphatic carbocycles. The fourth-order valence-corrected chi connectivity index (χ4v) is 7.27. The van der Waals surface area contributed by atoms with E-state index in [1.165, 1.54) is 0 Å². The molecular weight excluding hydrogens is 768 g/mol. The number of hydrogen-bond acceptors (Lipinski definition) is 21. The van der Waals surface area contributed by atoms with Crippen LogP contribution in [0.2, 0.25) is 0 Å². The van der Waals surface area contributed by atoms with Gasteiger partial charge in [-0.3, -0.25) is 0 Å². The van der Waals surface area contributed by atoms with Gasteiger partial charge >= 0.3 is 0 Å². The average Bonchev–Trinajstić information content (AvgIpc) is 3.59. The highest BCUT2D eigenvalue weighted by Gasteiger charge is 2.39. The Bertz CT molecular complexity index is 3150. The zero-order valence-corrected chi connectivity index (χ0v) is 27.5. The highest BCUT2D eigenvalue weighted by Crippen LogP contribution is 2.68. The minimum absolute atomic E-state index is 0.595. The maximum absolute atomic E-state index is 11.7. The van der Waals surface area contributed by atoms with Crippen LogP contribution in [-0.2, 0) is 0 Å². The van der Waals surface area contributed by atoms with Crippen LogP contribution in [0.5, 0.6) is 115 Å². The topological polar surface area (TPSA) is 418 Å². The van der Waals surface area contributed by atoms with Crippen molar-refractivity contribution in [1.82, 2.24) is 0 Å². The Morgan fingerprint density at radius 1 is 0.211 bits per heavy atom. The lowest BCUT2D eigenvalue weighted by Gasteiger charge is -2.24. The van der Waals surface area contributed by atoms with Gasteiger partial charge in [0.1, 0.15) is 11.5 Å². The van der Waals surface area contributed by atoms with Crippen molar-refractivity contribution in [2.45, 2.75) is 0 Å². The number of furan rings is 1. The fourth-order valence-electron chi connectivity index (χ4n) is 7.27. The summed E-state index contributed by atoms with van der Waals surface area (Å²) in [5.74, 6) is -29.1. The van der Waals surface area contributed by atoms with Gasteiger partial charge in [-0.25, -0.2) is 0 Å². The Balaban J connectivity index is 1.80. The molecular formula is C36H22O21. The first-order valence-electron chi connectivity index (χ1n) is 15.5. The molecule has 20 N–H and O–H groups in total. The van der Waals surface area contributed by atoms with Crippen molar-refractivity contribution in [2.24, 2.45) is 0 Å². The van der Waals surface area contributed by atoms with E-state index in [4.69, 9.17) is 4.42 Å². The van der Waals surface area contributed by atoms with Gasteiger partial charge in [-0.05, 0) is 12.1 Å². The monoisotopic (exact) mass is 790 g/mol. The molecule has 57 heavy (non-hydrogen) atoms. The minimum atomic E-state index is -1.62. The molecule has 0 aliphatic heterocycles. The van der Waals surface area contributed by atoms with Crippen molar-refractivity contribution >= 4 is 54.3 Å². The average molecular weight is 791 g/mol. The Morgan fingerprint density at radius 2 is 0.526 bits per heavy atom. The second-order valence-corrected chi connectivity index (χ2v) is 12.6. The summed E-state index contributed by atoms with van der Waals surface area (Å²) >= 11 is 0. The first kappa shape index (κ1) is 35.2. The van der Waals surface area contributed by atoms with Crippen molar-refractivity contribution in [3.05, 3.63) is 12.1 Å². The fraction of sp³-hybridized carbons (Fsp3) is 0. The summed E-state index contributed by atoms with van der Waals surface area (Å²) in [7, 11) is 0. The summed E-state index contributed by atoms with van der Waals surface area (Å²) in [4.78, 5) is 0. The SMILES string of the molecule is Oc1c(O)c(-c2c3c(O)c(O)c(O)c(O)c3c(-c3c(O)c(O)c4c(O)c(O)c(O)c(O)c4c3O)c3c(O)c(O)c(O)c(O)c23)c2c(oc3c(O)ccc(O)c32)c1O. The van der Waals surface area contributed by atoms with Crippen LogP contribution in [0.25, 0.3) is 76.5 Å². The molecule has 7 aromatic carbocycles. The predicted molar refractivity (Wildman–Crippen MR) is 190 cm³/mol. The quantitative estimate of drug-likeness (QED) is 0.0651. The van der Waals surface area contributed by atoms with Crippen molar-refractivity contribution in [3.8, 4) is 137 Å². The lowest BCUT2D eigenvalue weighted by atomic mass is 9.81. The standard InChI is InChI=1S/C36H22O21/c37-3-1-2-4(38)35-5(3)13-12(22(44)33(55)34(56)36(13)57-35)6-8-10(20(42)29(51)27(49)18(8)40)7(11-9(6)19(41)28(50)30(52)21(11)43)14-17(39)15-16(24(46)23(14)45)26(48)32(54)31(53)25(15)47/h1-2,37-56H. The number of fused-ring (bicyclic) bond motifs is 6. The normalized spacial score (nSPS) is 11.9. The summed E-state index contributed by atoms with van der Waals surface area (Å²) in [5, 5.41) is 212. The first-order valence-corrected chi connectivity index (χ1v) is 15.5. The third-order valence-corrected chi connectivity index (χ3v) is 9.81. The highest BCUT2D eigenvalue weighted by atomic mass is 16.4. The number of phenols is 20. The van der Waals surface area contributed by atoms with Crippen molar-refractivity contribution in [2.75, 3.05) is 0 Å². The van der Waals surface area contributed by atoms with Crippen LogP contribution in [-0.4, -0.2) is 102 Å². The largest absolute Gasteiger partial charge is 0.507 e. The van der Waals surface area contributed by atoms with Gasteiger partial charge in [0, 0.05) is 43.6 Å². The van der Waals surface area contributed by atoms with Gasteiger partial charge in [0.25, 0.3) is 0 Å². The number of rotatable bonds is 2. The van der Waals surface area contributed by atoms with Crippen molar-refractivity contribution in [1.29, 1.82) is 0 Å². The number of phenolic OH excluding ortho intramolecular Hbond substituents is 20. The van der Waals surface area contributed by atoms with E-state index in [0.717, 1.165) is 12.1 Å². The second kappa shape index (κ2) is 10.8. The Kier molecular flexibility index (Phi) is 6.69. The molecule has 0 spiro atoms. The Labute approximate surface area is 310 Å². The molecule has 0 atom stereocenters. The van der Waals surface area contributed by atoms with E-state index < -0.39 is 191 Å². The van der Waals surface area contributed by atoms with Crippen LogP contribution in [0.3, 0.4) is 0 Å². The van der Waals surface area contributed by atoms with Gasteiger partial charge in [0.2, 0.25) is 46.0 Å². The zero-order valence-electron chi connectivity index (χ0n) is 27.5. The first-order chi connectivity index (χ1) is 26.7. The van der Waals surface area contributed by atoms with Gasteiger partial charge in [-0.2, -0.15) is 0 Å². The Morgan fingerprint density at radius 3 is 0.965 bits per heavy atom. The summed E-state index contributed by atoms with van der Waals surface area (Å²) in [6.45, 7) is 0. The van der Waals surface area contributed by atoms with Crippen molar-refractivity contribution in [3.63, 3.8) is 0 Å². The van der Waals surface area contributed by atoms with Crippen LogP contribution < -0.4 is 0 Å². The maximum atomic E-state index is 11.7. The molecule has 0 unspecified atom stereocenters. The van der Waals surface area contributed by atoms with Gasteiger partial charge in [0.15, 0.2) is 68.7 Å². The molecule has 0 bridgehead atoms. The molecule has 21 nitrogen and oxygen atoms in total. The third-order valence-electron chi connectivity index (χ3n) is 9.81. The smallest absolute Gasteiger partial charge is 0.205 e.